The van der Waals surface area contributed by atoms with E-state index in [2.05, 4.69) is 18.3 Å². The van der Waals surface area contributed by atoms with Gasteiger partial charge in [0.2, 0.25) is 5.91 Å². The van der Waals surface area contributed by atoms with E-state index in [0.29, 0.717) is 18.8 Å². The number of carbonyl (C=O) groups is 2. The molecule has 0 heterocycles. The molecular weight excluding hydrogens is 376 g/mol. The average Bonchev–Trinajstić information content (AvgIpc) is 2.73. The molecule has 5 heteroatoms. The van der Waals surface area contributed by atoms with E-state index in [1.807, 2.05) is 57.2 Å². The second-order valence-corrected chi connectivity index (χ2v) is 7.82. The minimum Gasteiger partial charge on any atom is -0.483 e. The molecule has 0 spiro atoms. The Labute approximate surface area is 180 Å². The van der Waals surface area contributed by atoms with Gasteiger partial charge in [0.1, 0.15) is 11.8 Å². The lowest BCUT2D eigenvalue weighted by Gasteiger charge is -2.29. The number of benzene rings is 2. The number of amides is 2. The highest BCUT2D eigenvalue weighted by Gasteiger charge is 2.26. The molecule has 5 nitrogen and oxygen atoms in total. The van der Waals surface area contributed by atoms with Crippen LogP contribution in [0.4, 0.5) is 0 Å². The van der Waals surface area contributed by atoms with Crippen molar-refractivity contribution >= 4 is 11.8 Å². The fourth-order valence-electron chi connectivity index (χ4n) is 3.27. The van der Waals surface area contributed by atoms with Gasteiger partial charge >= 0.3 is 0 Å². The smallest absolute Gasteiger partial charge is 0.261 e. The van der Waals surface area contributed by atoms with Crippen LogP contribution in [0.2, 0.25) is 0 Å². The first-order chi connectivity index (χ1) is 14.3. The van der Waals surface area contributed by atoms with E-state index < -0.39 is 6.04 Å². The normalized spacial score (nSPS) is 11.6. The van der Waals surface area contributed by atoms with Crippen LogP contribution in [-0.4, -0.2) is 35.9 Å². The van der Waals surface area contributed by atoms with Crippen molar-refractivity contribution in [2.75, 3.05) is 13.2 Å². The van der Waals surface area contributed by atoms with Gasteiger partial charge in [-0.05, 0) is 62.4 Å². The Bertz CT molecular complexity index is 849. The second kappa shape index (κ2) is 11.4. The minimum absolute atomic E-state index is 0.108. The summed E-state index contributed by atoms with van der Waals surface area (Å²) in [5, 5.41) is 2.93. The third-order valence-electron chi connectivity index (χ3n) is 5.31. The molecule has 0 aromatic heterocycles. The Kier molecular flexibility index (Phi) is 8.90. The molecule has 2 amide bonds. The third-order valence-corrected chi connectivity index (χ3v) is 5.31. The molecule has 0 aliphatic carbocycles. The zero-order valence-electron chi connectivity index (χ0n) is 18.8. The molecule has 2 rings (SSSR count). The quantitative estimate of drug-likeness (QED) is 0.593. The number of hydrogen-bond acceptors (Lipinski definition) is 3. The Morgan fingerprint density at radius 3 is 2.47 bits per heavy atom. The van der Waals surface area contributed by atoms with Gasteiger partial charge in [0.05, 0.1) is 0 Å². The molecule has 2 aromatic rings. The summed E-state index contributed by atoms with van der Waals surface area (Å²) in [6.45, 7) is 10.7. The number of aryl methyl sites for hydroxylation is 2. The van der Waals surface area contributed by atoms with E-state index in [4.69, 9.17) is 4.74 Å². The highest BCUT2D eigenvalue weighted by atomic mass is 16.5. The van der Waals surface area contributed by atoms with Crippen molar-refractivity contribution in [2.45, 2.75) is 60.0 Å². The van der Waals surface area contributed by atoms with Crippen molar-refractivity contribution < 1.29 is 14.3 Å². The van der Waals surface area contributed by atoms with Gasteiger partial charge in [0, 0.05) is 13.1 Å². The molecule has 0 bridgehead atoms. The van der Waals surface area contributed by atoms with Gasteiger partial charge in [-0.15, -0.1) is 0 Å². The van der Waals surface area contributed by atoms with E-state index in [9.17, 15) is 9.59 Å². The Balaban J connectivity index is 2.14. The van der Waals surface area contributed by atoms with E-state index in [1.165, 1.54) is 0 Å². The van der Waals surface area contributed by atoms with E-state index in [1.54, 1.807) is 11.8 Å². The predicted molar refractivity (Wildman–Crippen MR) is 121 cm³/mol. The summed E-state index contributed by atoms with van der Waals surface area (Å²) in [4.78, 5) is 27.3. The Morgan fingerprint density at radius 1 is 1.10 bits per heavy atom. The first-order valence-electron chi connectivity index (χ1n) is 10.6. The van der Waals surface area contributed by atoms with Crippen molar-refractivity contribution in [1.82, 2.24) is 10.2 Å². The first-order valence-corrected chi connectivity index (χ1v) is 10.6. The number of ether oxygens (including phenoxy) is 1. The molecule has 0 fully saturated rings. The molecular formula is C25H34N2O3. The van der Waals surface area contributed by atoms with Gasteiger partial charge in [-0.3, -0.25) is 9.59 Å². The SMILES string of the molecule is CCCCNC(=O)[C@@H](C)N(Cc1ccccc1)C(=O)COc1cc(C)cc(C)c1C. The molecule has 2 aromatic carbocycles. The van der Waals surface area contributed by atoms with Crippen molar-refractivity contribution in [3.63, 3.8) is 0 Å². The number of hydrogen-bond donors (Lipinski definition) is 1. The summed E-state index contributed by atoms with van der Waals surface area (Å²) in [5.41, 5.74) is 4.21. The average molecular weight is 411 g/mol. The predicted octanol–water partition coefficient (Wildman–Crippen LogP) is 4.32. The molecule has 162 valence electrons. The van der Waals surface area contributed by atoms with Gasteiger partial charge in [-0.2, -0.15) is 0 Å². The summed E-state index contributed by atoms with van der Waals surface area (Å²) in [6, 6.07) is 13.2. The largest absolute Gasteiger partial charge is 0.483 e. The van der Waals surface area contributed by atoms with E-state index >= 15 is 0 Å². The van der Waals surface area contributed by atoms with Crippen LogP contribution >= 0.6 is 0 Å². The summed E-state index contributed by atoms with van der Waals surface area (Å²) in [6.07, 6.45) is 1.92. The van der Waals surface area contributed by atoms with Crippen molar-refractivity contribution in [1.29, 1.82) is 0 Å². The van der Waals surface area contributed by atoms with Crippen LogP contribution in [0.25, 0.3) is 0 Å². The van der Waals surface area contributed by atoms with Crippen LogP contribution < -0.4 is 10.1 Å². The second-order valence-electron chi connectivity index (χ2n) is 7.82. The highest BCUT2D eigenvalue weighted by molar-refractivity contribution is 5.88. The van der Waals surface area contributed by atoms with Crippen LogP contribution in [0.3, 0.4) is 0 Å². The van der Waals surface area contributed by atoms with E-state index in [-0.39, 0.29) is 18.4 Å². The molecule has 1 N–H and O–H groups in total. The lowest BCUT2D eigenvalue weighted by Crippen LogP contribution is -2.49. The standard InChI is InChI=1S/C25H34N2O3/c1-6-7-13-26-25(29)21(5)27(16-22-11-9-8-10-12-22)24(28)17-30-23-15-18(2)14-19(3)20(23)4/h8-12,14-15,21H,6-7,13,16-17H2,1-5H3,(H,26,29)/t21-/m1/s1. The maximum Gasteiger partial charge on any atom is 0.261 e. The highest BCUT2D eigenvalue weighted by Crippen LogP contribution is 2.23. The van der Waals surface area contributed by atoms with Crippen LogP contribution in [0.5, 0.6) is 5.75 Å². The topological polar surface area (TPSA) is 58.6 Å². The molecule has 0 unspecified atom stereocenters. The lowest BCUT2D eigenvalue weighted by molar-refractivity contribution is -0.142. The number of nitrogens with zero attached hydrogens (tertiary/aromatic N) is 1. The molecule has 1 atom stereocenters. The van der Waals surface area contributed by atoms with Crippen LogP contribution in [0, 0.1) is 20.8 Å². The van der Waals surface area contributed by atoms with Gasteiger partial charge < -0.3 is 15.0 Å². The number of unbranched alkanes of at least 4 members (excludes halogenated alkanes) is 1. The summed E-state index contributed by atoms with van der Waals surface area (Å²) >= 11 is 0. The molecule has 0 aliphatic rings. The Morgan fingerprint density at radius 2 is 1.80 bits per heavy atom. The first kappa shape index (κ1) is 23.5. The van der Waals surface area contributed by atoms with Gasteiger partial charge in [0.15, 0.2) is 6.61 Å². The fraction of sp³-hybridized carbons (Fsp3) is 0.440. The number of rotatable bonds is 10. The minimum atomic E-state index is -0.585. The number of nitrogens with one attached hydrogen (secondary N) is 1. The van der Waals surface area contributed by atoms with Crippen molar-refractivity contribution in [2.24, 2.45) is 0 Å². The van der Waals surface area contributed by atoms with Gasteiger partial charge in [-0.1, -0.05) is 49.7 Å². The number of carbonyl (C=O) groups excluding carboxylic acids is 2. The monoisotopic (exact) mass is 410 g/mol. The van der Waals surface area contributed by atoms with Gasteiger partial charge in [-0.25, -0.2) is 0 Å². The van der Waals surface area contributed by atoms with E-state index in [0.717, 1.165) is 35.1 Å². The molecule has 0 saturated heterocycles. The van der Waals surface area contributed by atoms with Crippen LogP contribution in [-0.2, 0) is 16.1 Å². The maximum atomic E-state index is 13.1. The van der Waals surface area contributed by atoms with Crippen LogP contribution in [0.15, 0.2) is 42.5 Å². The fourth-order valence-corrected chi connectivity index (χ4v) is 3.27. The third kappa shape index (κ3) is 6.61. The molecule has 30 heavy (non-hydrogen) atoms. The summed E-state index contributed by atoms with van der Waals surface area (Å²) < 4.78 is 5.88. The van der Waals surface area contributed by atoms with Crippen LogP contribution in [0.1, 0.15) is 48.9 Å². The molecule has 0 radical (unpaired) electrons. The van der Waals surface area contributed by atoms with Gasteiger partial charge in [0.25, 0.3) is 5.91 Å². The van der Waals surface area contributed by atoms with Crippen molar-refractivity contribution in [3.8, 4) is 5.75 Å². The summed E-state index contributed by atoms with van der Waals surface area (Å²) in [5.74, 6) is 0.353. The molecule has 0 saturated carbocycles. The zero-order valence-corrected chi connectivity index (χ0v) is 18.8. The molecule has 0 aliphatic heterocycles. The zero-order chi connectivity index (χ0) is 22.1. The summed E-state index contributed by atoms with van der Waals surface area (Å²) in [7, 11) is 0. The Hall–Kier alpha value is -2.82. The maximum absolute atomic E-state index is 13.1. The lowest BCUT2D eigenvalue weighted by atomic mass is 10.1. The van der Waals surface area contributed by atoms with Crippen molar-refractivity contribution in [3.05, 3.63) is 64.7 Å².